The van der Waals surface area contributed by atoms with E-state index in [1.54, 1.807) is 19.2 Å². The molecule has 1 heterocycles. The van der Waals surface area contributed by atoms with Gasteiger partial charge in [0.15, 0.2) is 5.75 Å². The third-order valence-electron chi connectivity index (χ3n) is 4.05. The van der Waals surface area contributed by atoms with E-state index in [2.05, 4.69) is 32.2 Å². The molecular weight excluding hydrogens is 321 g/mol. The van der Waals surface area contributed by atoms with E-state index in [4.69, 9.17) is 0 Å². The van der Waals surface area contributed by atoms with Crippen molar-refractivity contribution in [1.82, 2.24) is 9.80 Å². The third-order valence-corrected chi connectivity index (χ3v) is 4.05. The van der Waals surface area contributed by atoms with Crippen LogP contribution in [0, 0.1) is 0 Å². The second kappa shape index (κ2) is 8.43. The highest BCUT2D eigenvalue weighted by Gasteiger charge is 2.32. The first-order valence-electron chi connectivity index (χ1n) is 8.10. The SMILES string of the molecule is CNc1cc(NCCCN2CCN(C)CC2)ccc1OC(F)(F)F. The molecule has 2 N–H and O–H groups in total. The number of anilines is 2. The smallest absolute Gasteiger partial charge is 0.404 e. The Morgan fingerprint density at radius 3 is 2.50 bits per heavy atom. The maximum Gasteiger partial charge on any atom is 0.573 e. The fourth-order valence-electron chi connectivity index (χ4n) is 2.66. The van der Waals surface area contributed by atoms with Crippen LogP contribution in [0.2, 0.25) is 0 Å². The number of rotatable bonds is 7. The molecule has 0 bridgehead atoms. The Bertz CT molecular complexity index is 517. The highest BCUT2D eigenvalue weighted by atomic mass is 19.4. The lowest BCUT2D eigenvalue weighted by molar-refractivity contribution is -0.274. The van der Waals surface area contributed by atoms with Gasteiger partial charge in [0.25, 0.3) is 0 Å². The zero-order chi connectivity index (χ0) is 17.6. The molecule has 1 saturated heterocycles. The van der Waals surface area contributed by atoms with Gasteiger partial charge in [0.05, 0.1) is 5.69 Å². The summed E-state index contributed by atoms with van der Waals surface area (Å²) in [7, 11) is 3.69. The van der Waals surface area contributed by atoms with Gasteiger partial charge in [-0.25, -0.2) is 0 Å². The van der Waals surface area contributed by atoms with Crippen LogP contribution in [0.3, 0.4) is 0 Å². The number of ether oxygens (including phenoxy) is 1. The zero-order valence-corrected chi connectivity index (χ0v) is 14.1. The van der Waals surface area contributed by atoms with Gasteiger partial charge in [0.1, 0.15) is 0 Å². The van der Waals surface area contributed by atoms with Crippen LogP contribution < -0.4 is 15.4 Å². The molecule has 5 nitrogen and oxygen atoms in total. The summed E-state index contributed by atoms with van der Waals surface area (Å²) in [6.07, 6.45) is -3.71. The summed E-state index contributed by atoms with van der Waals surface area (Å²) in [5, 5.41) is 5.97. The van der Waals surface area contributed by atoms with E-state index in [-0.39, 0.29) is 5.75 Å². The quantitative estimate of drug-likeness (QED) is 0.743. The van der Waals surface area contributed by atoms with E-state index in [9.17, 15) is 13.2 Å². The topological polar surface area (TPSA) is 39.8 Å². The summed E-state index contributed by atoms with van der Waals surface area (Å²) in [5.41, 5.74) is 1.07. The molecule has 24 heavy (non-hydrogen) atoms. The van der Waals surface area contributed by atoms with Crippen molar-refractivity contribution in [2.45, 2.75) is 12.8 Å². The molecule has 0 atom stereocenters. The van der Waals surface area contributed by atoms with Crippen LogP contribution in [0.15, 0.2) is 18.2 Å². The van der Waals surface area contributed by atoms with Crippen LogP contribution in [0.5, 0.6) is 5.75 Å². The van der Waals surface area contributed by atoms with Crippen LogP contribution in [0.4, 0.5) is 24.5 Å². The summed E-state index contributed by atoms with van der Waals surface area (Å²) in [4.78, 5) is 4.75. The van der Waals surface area contributed by atoms with Crippen molar-refractivity contribution in [2.24, 2.45) is 0 Å². The average Bonchev–Trinajstić information content (AvgIpc) is 2.53. The second-order valence-electron chi connectivity index (χ2n) is 5.93. The lowest BCUT2D eigenvalue weighted by atomic mass is 10.2. The van der Waals surface area contributed by atoms with Gasteiger partial charge in [-0.15, -0.1) is 13.2 Å². The molecule has 1 aromatic carbocycles. The molecule has 2 rings (SSSR count). The van der Waals surface area contributed by atoms with Crippen LogP contribution in [0.25, 0.3) is 0 Å². The molecule has 0 saturated carbocycles. The van der Waals surface area contributed by atoms with Crippen molar-refractivity contribution in [3.63, 3.8) is 0 Å². The summed E-state index contributed by atoms with van der Waals surface area (Å²) in [6.45, 7) is 6.16. The standard InChI is InChI=1S/C16H25F3N4O/c1-20-14-12-13(4-5-15(14)24-16(17,18)19)21-6-3-7-23-10-8-22(2)9-11-23/h4-5,12,20-21H,3,6-11H2,1-2H3. The van der Waals surface area contributed by atoms with Crippen molar-refractivity contribution < 1.29 is 17.9 Å². The van der Waals surface area contributed by atoms with Gasteiger partial charge in [0, 0.05) is 45.5 Å². The lowest BCUT2D eigenvalue weighted by Gasteiger charge is -2.32. The molecular formula is C16H25F3N4O. The Morgan fingerprint density at radius 1 is 1.17 bits per heavy atom. The minimum Gasteiger partial charge on any atom is -0.404 e. The highest BCUT2D eigenvalue weighted by Crippen LogP contribution is 2.32. The number of hydrogen-bond acceptors (Lipinski definition) is 5. The van der Waals surface area contributed by atoms with Crippen LogP contribution in [-0.2, 0) is 0 Å². The second-order valence-corrected chi connectivity index (χ2v) is 5.93. The Balaban J connectivity index is 1.78. The van der Waals surface area contributed by atoms with Gasteiger partial charge in [-0.3, -0.25) is 0 Å². The average molecular weight is 346 g/mol. The first-order chi connectivity index (χ1) is 11.4. The number of piperazine rings is 1. The number of benzene rings is 1. The predicted octanol–water partition coefficient (Wildman–Crippen LogP) is 2.68. The molecule has 0 aliphatic carbocycles. The number of alkyl halides is 3. The molecule has 1 aliphatic heterocycles. The first kappa shape index (κ1) is 18.7. The largest absolute Gasteiger partial charge is 0.573 e. The number of likely N-dealkylation sites (N-methyl/N-ethyl adjacent to an activating group) is 1. The predicted molar refractivity (Wildman–Crippen MR) is 89.7 cm³/mol. The van der Waals surface area contributed by atoms with Crippen molar-refractivity contribution in [3.8, 4) is 5.75 Å². The van der Waals surface area contributed by atoms with E-state index in [1.165, 1.54) is 6.07 Å². The maximum atomic E-state index is 12.3. The molecule has 1 fully saturated rings. The minimum absolute atomic E-state index is 0.229. The minimum atomic E-state index is -4.69. The summed E-state index contributed by atoms with van der Waals surface area (Å²) in [6, 6.07) is 4.54. The Labute approximate surface area is 140 Å². The van der Waals surface area contributed by atoms with E-state index in [0.717, 1.165) is 51.4 Å². The fourth-order valence-corrected chi connectivity index (χ4v) is 2.66. The first-order valence-corrected chi connectivity index (χ1v) is 8.10. The zero-order valence-electron chi connectivity index (χ0n) is 14.1. The summed E-state index contributed by atoms with van der Waals surface area (Å²) >= 11 is 0. The summed E-state index contributed by atoms with van der Waals surface area (Å²) < 4.78 is 41.0. The third kappa shape index (κ3) is 6.09. The monoisotopic (exact) mass is 346 g/mol. The molecule has 0 aromatic heterocycles. The number of hydrogen-bond donors (Lipinski definition) is 2. The molecule has 0 spiro atoms. The van der Waals surface area contributed by atoms with Gasteiger partial charge >= 0.3 is 6.36 Å². The molecule has 1 aliphatic rings. The lowest BCUT2D eigenvalue weighted by Crippen LogP contribution is -2.44. The molecule has 0 radical (unpaired) electrons. The number of nitrogens with zero attached hydrogens (tertiary/aromatic N) is 2. The molecule has 0 unspecified atom stereocenters. The van der Waals surface area contributed by atoms with Crippen molar-refractivity contribution >= 4 is 11.4 Å². The summed E-state index contributed by atoms with van der Waals surface area (Å²) in [5.74, 6) is -0.229. The van der Waals surface area contributed by atoms with E-state index in [0.29, 0.717) is 5.69 Å². The Kier molecular flexibility index (Phi) is 6.56. The van der Waals surface area contributed by atoms with Gasteiger partial charge in [0.2, 0.25) is 0 Å². The maximum absolute atomic E-state index is 12.3. The molecule has 136 valence electrons. The van der Waals surface area contributed by atoms with E-state index in [1.807, 2.05) is 0 Å². The Hall–Kier alpha value is -1.67. The van der Waals surface area contributed by atoms with Crippen LogP contribution in [-0.4, -0.2) is 69.5 Å². The molecule has 8 heteroatoms. The van der Waals surface area contributed by atoms with Crippen LogP contribution in [0.1, 0.15) is 6.42 Å². The normalized spacial score (nSPS) is 16.9. The van der Waals surface area contributed by atoms with Crippen molar-refractivity contribution in [3.05, 3.63) is 18.2 Å². The Morgan fingerprint density at radius 2 is 1.88 bits per heavy atom. The van der Waals surface area contributed by atoms with E-state index >= 15 is 0 Å². The van der Waals surface area contributed by atoms with Crippen molar-refractivity contribution in [2.75, 3.05) is 64.0 Å². The highest BCUT2D eigenvalue weighted by molar-refractivity contribution is 5.64. The van der Waals surface area contributed by atoms with Crippen molar-refractivity contribution in [1.29, 1.82) is 0 Å². The molecule has 1 aromatic rings. The molecule has 0 amide bonds. The van der Waals surface area contributed by atoms with E-state index < -0.39 is 6.36 Å². The van der Waals surface area contributed by atoms with Crippen LogP contribution >= 0.6 is 0 Å². The number of halogens is 3. The van der Waals surface area contributed by atoms with Gasteiger partial charge < -0.3 is 25.2 Å². The number of nitrogens with one attached hydrogen (secondary N) is 2. The van der Waals surface area contributed by atoms with Gasteiger partial charge in [-0.2, -0.15) is 0 Å². The van der Waals surface area contributed by atoms with Gasteiger partial charge in [-0.1, -0.05) is 0 Å². The van der Waals surface area contributed by atoms with Gasteiger partial charge in [-0.05, 0) is 38.2 Å². The fraction of sp³-hybridized carbons (Fsp3) is 0.625.